The highest BCUT2D eigenvalue weighted by atomic mass is 32.2. The number of halogens is 4. The molecule has 0 aliphatic rings. The second kappa shape index (κ2) is 9.78. The van der Waals surface area contributed by atoms with Gasteiger partial charge in [-0.05, 0) is 49.4 Å². The molecule has 0 spiro atoms. The molecule has 2 heterocycles. The molecule has 0 aliphatic carbocycles. The summed E-state index contributed by atoms with van der Waals surface area (Å²) < 4.78 is 84.5. The third kappa shape index (κ3) is 5.86. The normalized spacial score (nSPS) is 13.0. The van der Waals surface area contributed by atoms with Crippen LogP contribution in [0.4, 0.5) is 17.6 Å². The second-order valence-electron chi connectivity index (χ2n) is 7.93. The number of aromatic nitrogens is 2. The zero-order chi connectivity index (χ0) is 27.0. The van der Waals surface area contributed by atoms with Crippen LogP contribution in [0, 0.1) is 5.82 Å². The molecule has 4 aromatic rings. The number of rotatable bonds is 7. The molecule has 1 unspecified atom stereocenters. The highest BCUT2D eigenvalue weighted by Gasteiger charge is 2.31. The number of carbonyl (C=O) groups excluding carboxylic acids is 1. The van der Waals surface area contributed by atoms with Crippen molar-refractivity contribution in [2.24, 2.45) is 0 Å². The molecule has 14 heteroatoms. The van der Waals surface area contributed by atoms with E-state index < -0.39 is 50.4 Å². The van der Waals surface area contributed by atoms with Gasteiger partial charge in [0.2, 0.25) is 11.0 Å². The van der Waals surface area contributed by atoms with E-state index in [9.17, 15) is 35.9 Å². The Labute approximate surface area is 207 Å². The van der Waals surface area contributed by atoms with Gasteiger partial charge in [-0.15, -0.1) is 0 Å². The van der Waals surface area contributed by atoms with Crippen molar-refractivity contribution in [2.75, 3.05) is 0 Å². The van der Waals surface area contributed by atoms with E-state index in [1.54, 1.807) is 0 Å². The summed E-state index contributed by atoms with van der Waals surface area (Å²) in [5.74, 6) is -1.93. The standard InChI is InChI=1S/C23H18F4N4O5S/c1-12(31-37(34,35)21-7-13-6-15(24)3-5-20(13)36-21)22(33)28-10-16-9-18(30-11-29-16)17-4-2-14(8-19(17)32)23(25,26)27/h2-9,11-12,31-32H,10H2,1H3,(H,28,33). The summed E-state index contributed by atoms with van der Waals surface area (Å²) in [7, 11) is -4.26. The highest BCUT2D eigenvalue weighted by molar-refractivity contribution is 7.89. The van der Waals surface area contributed by atoms with E-state index in [0.29, 0.717) is 6.07 Å². The summed E-state index contributed by atoms with van der Waals surface area (Å²) in [6, 6.07) is 7.17. The van der Waals surface area contributed by atoms with Crippen molar-refractivity contribution in [1.29, 1.82) is 0 Å². The molecule has 9 nitrogen and oxygen atoms in total. The summed E-state index contributed by atoms with van der Waals surface area (Å²) in [6.45, 7) is 1.12. The summed E-state index contributed by atoms with van der Waals surface area (Å²) in [4.78, 5) is 20.4. The fraction of sp³-hybridized carbons (Fsp3) is 0.174. The number of phenolic OH excluding ortho intramolecular Hbond substituents is 1. The van der Waals surface area contributed by atoms with Gasteiger partial charge in [-0.25, -0.2) is 22.8 Å². The average Bonchev–Trinajstić information content (AvgIpc) is 3.26. The SMILES string of the molecule is CC(NS(=O)(=O)c1cc2cc(F)ccc2o1)C(=O)NCc1cc(-c2ccc(C(F)(F)F)cc2O)ncn1. The molecule has 37 heavy (non-hydrogen) atoms. The fourth-order valence-electron chi connectivity index (χ4n) is 3.36. The number of hydrogen-bond acceptors (Lipinski definition) is 7. The summed E-state index contributed by atoms with van der Waals surface area (Å²) >= 11 is 0. The maximum absolute atomic E-state index is 13.4. The van der Waals surface area contributed by atoms with Gasteiger partial charge in [0, 0.05) is 17.0 Å². The van der Waals surface area contributed by atoms with Crippen molar-refractivity contribution in [1.82, 2.24) is 20.0 Å². The van der Waals surface area contributed by atoms with E-state index in [2.05, 4.69) is 20.0 Å². The van der Waals surface area contributed by atoms with Crippen LogP contribution in [0.1, 0.15) is 18.2 Å². The number of carbonyl (C=O) groups is 1. The Kier molecular flexibility index (Phi) is 6.88. The van der Waals surface area contributed by atoms with Crippen LogP contribution >= 0.6 is 0 Å². The molecule has 0 radical (unpaired) electrons. The van der Waals surface area contributed by atoms with E-state index in [0.717, 1.165) is 36.7 Å². The van der Waals surface area contributed by atoms with Crippen LogP contribution in [0.5, 0.6) is 5.75 Å². The molecule has 2 aromatic carbocycles. The van der Waals surface area contributed by atoms with Crippen LogP contribution in [-0.4, -0.2) is 35.4 Å². The number of sulfonamides is 1. The lowest BCUT2D eigenvalue weighted by molar-refractivity contribution is -0.137. The van der Waals surface area contributed by atoms with Crippen LogP contribution in [0.15, 0.2) is 64.4 Å². The minimum atomic E-state index is -4.63. The molecule has 4 rings (SSSR count). The second-order valence-corrected chi connectivity index (χ2v) is 9.58. The van der Waals surface area contributed by atoms with Gasteiger partial charge in [0.05, 0.1) is 29.5 Å². The summed E-state index contributed by atoms with van der Waals surface area (Å²) in [5, 5.41) is 12.2. The first kappa shape index (κ1) is 26.0. The molecule has 1 atom stereocenters. The molecule has 0 saturated carbocycles. The third-order valence-corrected chi connectivity index (χ3v) is 6.61. The van der Waals surface area contributed by atoms with Gasteiger partial charge >= 0.3 is 6.18 Å². The Hall–Kier alpha value is -4.04. The number of fused-ring (bicyclic) bond motifs is 1. The lowest BCUT2D eigenvalue weighted by Crippen LogP contribution is -2.44. The Morgan fingerprint density at radius 3 is 2.57 bits per heavy atom. The lowest BCUT2D eigenvalue weighted by atomic mass is 10.1. The molecule has 3 N–H and O–H groups in total. The molecule has 0 bridgehead atoms. The number of hydrogen-bond donors (Lipinski definition) is 3. The largest absolute Gasteiger partial charge is 0.507 e. The van der Waals surface area contributed by atoms with Gasteiger partial charge in [0.25, 0.3) is 10.0 Å². The minimum absolute atomic E-state index is 0.0230. The van der Waals surface area contributed by atoms with Crippen molar-refractivity contribution >= 4 is 26.9 Å². The van der Waals surface area contributed by atoms with Crippen molar-refractivity contribution in [3.8, 4) is 17.0 Å². The quantitative estimate of drug-likeness (QED) is 0.305. The van der Waals surface area contributed by atoms with Crippen molar-refractivity contribution in [3.63, 3.8) is 0 Å². The smallest absolute Gasteiger partial charge is 0.416 e. The Bertz CT molecular complexity index is 1590. The number of amides is 1. The number of nitrogens with zero attached hydrogens (tertiary/aromatic N) is 2. The van der Waals surface area contributed by atoms with Crippen LogP contribution < -0.4 is 10.0 Å². The zero-order valence-electron chi connectivity index (χ0n) is 18.9. The summed E-state index contributed by atoms with van der Waals surface area (Å²) in [5.41, 5.74) is -0.499. The molecular weight excluding hydrogens is 520 g/mol. The average molecular weight is 538 g/mol. The predicted molar refractivity (Wildman–Crippen MR) is 122 cm³/mol. The minimum Gasteiger partial charge on any atom is -0.507 e. The van der Waals surface area contributed by atoms with Gasteiger partial charge in [-0.3, -0.25) is 4.79 Å². The number of furan rings is 1. The Morgan fingerprint density at radius 2 is 1.86 bits per heavy atom. The van der Waals surface area contributed by atoms with Gasteiger partial charge in [-0.2, -0.15) is 17.9 Å². The van der Waals surface area contributed by atoms with E-state index in [-0.39, 0.29) is 34.5 Å². The van der Waals surface area contributed by atoms with Crippen LogP contribution in [-0.2, 0) is 27.5 Å². The van der Waals surface area contributed by atoms with Crippen LogP contribution in [0.3, 0.4) is 0 Å². The zero-order valence-corrected chi connectivity index (χ0v) is 19.7. The number of alkyl halides is 3. The van der Waals surface area contributed by atoms with Crippen molar-refractivity contribution in [2.45, 2.75) is 30.8 Å². The third-order valence-electron chi connectivity index (χ3n) is 5.21. The molecule has 1 amide bonds. The molecule has 2 aromatic heterocycles. The summed E-state index contributed by atoms with van der Waals surface area (Å²) in [6.07, 6.45) is -3.53. The first-order chi connectivity index (χ1) is 17.3. The number of aromatic hydroxyl groups is 1. The Morgan fingerprint density at radius 1 is 1.11 bits per heavy atom. The lowest BCUT2D eigenvalue weighted by Gasteiger charge is -2.13. The molecular formula is C23H18F4N4O5S. The maximum Gasteiger partial charge on any atom is 0.416 e. The van der Waals surface area contributed by atoms with E-state index in [4.69, 9.17) is 4.42 Å². The van der Waals surface area contributed by atoms with Gasteiger partial charge in [-0.1, -0.05) is 0 Å². The maximum atomic E-state index is 13.4. The van der Waals surface area contributed by atoms with Crippen LogP contribution in [0.2, 0.25) is 0 Å². The predicted octanol–water partition coefficient (Wildman–Crippen LogP) is 3.74. The first-order valence-corrected chi connectivity index (χ1v) is 12.0. The van der Waals surface area contributed by atoms with Gasteiger partial charge in [0.15, 0.2) is 0 Å². The number of benzene rings is 2. The fourth-order valence-corrected chi connectivity index (χ4v) is 4.53. The molecule has 0 saturated heterocycles. The Balaban J connectivity index is 1.42. The van der Waals surface area contributed by atoms with E-state index in [1.165, 1.54) is 19.1 Å². The van der Waals surface area contributed by atoms with E-state index in [1.807, 2.05) is 0 Å². The topological polar surface area (TPSA) is 134 Å². The number of phenols is 1. The van der Waals surface area contributed by atoms with Crippen LogP contribution in [0.25, 0.3) is 22.2 Å². The highest BCUT2D eigenvalue weighted by Crippen LogP contribution is 2.35. The van der Waals surface area contributed by atoms with Gasteiger partial charge in [0.1, 0.15) is 23.5 Å². The molecule has 0 fully saturated rings. The van der Waals surface area contributed by atoms with Crippen molar-refractivity contribution < 1.29 is 40.3 Å². The number of nitrogens with one attached hydrogen (secondary N) is 2. The monoisotopic (exact) mass is 538 g/mol. The van der Waals surface area contributed by atoms with Gasteiger partial charge < -0.3 is 14.8 Å². The van der Waals surface area contributed by atoms with Crippen molar-refractivity contribution in [3.05, 3.63) is 71.9 Å². The molecule has 194 valence electrons. The first-order valence-electron chi connectivity index (χ1n) is 10.5. The van der Waals surface area contributed by atoms with E-state index >= 15 is 0 Å². The molecule has 0 aliphatic heterocycles.